The van der Waals surface area contributed by atoms with E-state index in [2.05, 4.69) is 4.74 Å². The number of carbonyl (C=O) groups is 2. The number of ether oxygens (including phenoxy) is 1. The number of aliphatic carboxylic acids is 2. The van der Waals surface area contributed by atoms with Gasteiger partial charge in [0.05, 0.1) is 6.42 Å². The molecule has 12 heavy (non-hydrogen) atoms. The predicted molar refractivity (Wildman–Crippen MR) is 36.7 cm³/mol. The Morgan fingerprint density at radius 2 is 1.92 bits per heavy atom. The second-order valence-electron chi connectivity index (χ2n) is 2.16. The maximum atomic E-state index is 10.2. The third-order valence-corrected chi connectivity index (χ3v) is 1.28. The molecular formula is C6H10O6. The number of hydrogen-bond acceptors (Lipinski definition) is 4. The highest BCUT2D eigenvalue weighted by Gasteiger charge is 2.27. The largest absolute Gasteiger partial charge is 0.481 e. The number of rotatable bonds is 5. The first kappa shape index (κ1) is 10.9. The van der Waals surface area contributed by atoms with E-state index in [1.807, 2.05) is 0 Å². The quantitative estimate of drug-likeness (QED) is 0.494. The molecule has 6 heteroatoms. The molecule has 0 saturated carbocycles. The van der Waals surface area contributed by atoms with Crippen molar-refractivity contribution in [3.8, 4) is 0 Å². The topological polar surface area (TPSA) is 104 Å². The van der Waals surface area contributed by atoms with Crippen LogP contribution in [0.4, 0.5) is 0 Å². The van der Waals surface area contributed by atoms with Gasteiger partial charge in [0.25, 0.3) is 0 Å². The van der Waals surface area contributed by atoms with Crippen LogP contribution in [-0.2, 0) is 14.3 Å². The molecule has 6 nitrogen and oxygen atoms in total. The lowest BCUT2D eigenvalue weighted by Gasteiger charge is -2.15. The third kappa shape index (κ3) is 3.31. The van der Waals surface area contributed by atoms with E-state index in [-0.39, 0.29) is 0 Å². The Hall–Kier alpha value is -1.14. The molecule has 0 fully saturated rings. The van der Waals surface area contributed by atoms with Crippen molar-refractivity contribution < 1.29 is 29.6 Å². The maximum absolute atomic E-state index is 10.2. The van der Waals surface area contributed by atoms with Crippen LogP contribution in [0.3, 0.4) is 0 Å². The summed E-state index contributed by atoms with van der Waals surface area (Å²) in [5.41, 5.74) is 0. The van der Waals surface area contributed by atoms with Crippen molar-refractivity contribution in [1.82, 2.24) is 0 Å². The second kappa shape index (κ2) is 4.68. The van der Waals surface area contributed by atoms with Gasteiger partial charge in [-0.15, -0.1) is 0 Å². The summed E-state index contributed by atoms with van der Waals surface area (Å²) in [5.74, 6) is -2.72. The van der Waals surface area contributed by atoms with Crippen molar-refractivity contribution in [2.75, 3.05) is 7.11 Å². The van der Waals surface area contributed by atoms with Crippen molar-refractivity contribution in [2.45, 2.75) is 18.6 Å². The van der Waals surface area contributed by atoms with Gasteiger partial charge >= 0.3 is 11.9 Å². The summed E-state index contributed by atoms with van der Waals surface area (Å²) >= 11 is 0. The molecule has 2 atom stereocenters. The molecule has 0 heterocycles. The number of aliphatic hydroxyl groups is 1. The van der Waals surface area contributed by atoms with Crippen molar-refractivity contribution in [2.24, 2.45) is 0 Å². The van der Waals surface area contributed by atoms with Gasteiger partial charge in [-0.25, -0.2) is 4.79 Å². The highest BCUT2D eigenvalue weighted by atomic mass is 16.5. The first-order chi connectivity index (χ1) is 5.49. The fraction of sp³-hybridized carbons (Fsp3) is 0.667. The number of carboxylic acid groups (broad SMARTS) is 2. The fourth-order valence-electron chi connectivity index (χ4n) is 0.655. The molecule has 0 aromatic rings. The minimum Gasteiger partial charge on any atom is -0.481 e. The van der Waals surface area contributed by atoms with Gasteiger partial charge in [0.2, 0.25) is 0 Å². The molecule has 3 N–H and O–H groups in total. The summed E-state index contributed by atoms with van der Waals surface area (Å²) in [5, 5.41) is 25.4. The van der Waals surface area contributed by atoms with Crippen LogP contribution in [0.15, 0.2) is 0 Å². The van der Waals surface area contributed by atoms with Gasteiger partial charge in [-0.2, -0.15) is 0 Å². The van der Waals surface area contributed by atoms with E-state index in [1.165, 1.54) is 0 Å². The van der Waals surface area contributed by atoms with E-state index >= 15 is 0 Å². The molecule has 0 aliphatic heterocycles. The molecule has 0 radical (unpaired) electrons. The average Bonchev–Trinajstić information content (AvgIpc) is 1.98. The summed E-state index contributed by atoms with van der Waals surface area (Å²) in [6.45, 7) is 0. The summed E-state index contributed by atoms with van der Waals surface area (Å²) < 4.78 is 4.47. The molecule has 0 aliphatic rings. The van der Waals surface area contributed by atoms with Crippen LogP contribution in [0.25, 0.3) is 0 Å². The maximum Gasteiger partial charge on any atom is 0.335 e. The molecule has 2 unspecified atom stereocenters. The number of hydrogen-bond donors (Lipinski definition) is 3. The van der Waals surface area contributed by atoms with Gasteiger partial charge in [0.1, 0.15) is 6.10 Å². The van der Waals surface area contributed by atoms with Gasteiger partial charge in [0.15, 0.2) is 6.10 Å². The first-order valence-electron chi connectivity index (χ1n) is 3.14. The Morgan fingerprint density at radius 3 is 2.17 bits per heavy atom. The van der Waals surface area contributed by atoms with Gasteiger partial charge in [0, 0.05) is 7.11 Å². The Kier molecular flexibility index (Phi) is 4.24. The van der Waals surface area contributed by atoms with Crippen molar-refractivity contribution in [3.05, 3.63) is 0 Å². The van der Waals surface area contributed by atoms with Crippen LogP contribution < -0.4 is 0 Å². The SMILES string of the molecule is COC(CC(=O)O)C(O)C(=O)O. The minimum atomic E-state index is -1.80. The van der Waals surface area contributed by atoms with Gasteiger partial charge in [-0.05, 0) is 0 Å². The van der Waals surface area contributed by atoms with Gasteiger partial charge in [-0.3, -0.25) is 4.79 Å². The summed E-state index contributed by atoms with van der Waals surface area (Å²) in [6, 6.07) is 0. The van der Waals surface area contributed by atoms with Crippen molar-refractivity contribution in [1.29, 1.82) is 0 Å². The van der Waals surface area contributed by atoms with Crippen LogP contribution in [-0.4, -0.2) is 46.6 Å². The molecule has 0 saturated heterocycles. The van der Waals surface area contributed by atoms with Crippen LogP contribution >= 0.6 is 0 Å². The summed E-state index contributed by atoms with van der Waals surface area (Å²) in [6.07, 6.45) is -3.55. The van der Waals surface area contributed by atoms with Gasteiger partial charge in [-0.1, -0.05) is 0 Å². The molecule has 0 rings (SSSR count). The minimum absolute atomic E-state index is 0.538. The smallest absolute Gasteiger partial charge is 0.335 e. The van der Waals surface area contributed by atoms with E-state index in [9.17, 15) is 9.59 Å². The Labute approximate surface area is 68.4 Å². The zero-order valence-corrected chi connectivity index (χ0v) is 6.43. The zero-order chi connectivity index (χ0) is 9.72. The van der Waals surface area contributed by atoms with Crippen LogP contribution in [0.5, 0.6) is 0 Å². The molecule has 70 valence electrons. The Balaban J connectivity index is 4.14. The third-order valence-electron chi connectivity index (χ3n) is 1.28. The average molecular weight is 178 g/mol. The van der Waals surface area contributed by atoms with E-state index in [0.29, 0.717) is 0 Å². The van der Waals surface area contributed by atoms with E-state index < -0.39 is 30.6 Å². The molecule has 0 aromatic heterocycles. The lowest BCUT2D eigenvalue weighted by Crippen LogP contribution is -2.36. The first-order valence-corrected chi connectivity index (χ1v) is 3.14. The normalized spacial score (nSPS) is 15.2. The zero-order valence-electron chi connectivity index (χ0n) is 6.43. The van der Waals surface area contributed by atoms with E-state index in [0.717, 1.165) is 7.11 Å². The monoisotopic (exact) mass is 178 g/mol. The van der Waals surface area contributed by atoms with E-state index in [4.69, 9.17) is 15.3 Å². The molecule has 0 spiro atoms. The second-order valence-corrected chi connectivity index (χ2v) is 2.16. The fourth-order valence-corrected chi connectivity index (χ4v) is 0.655. The van der Waals surface area contributed by atoms with Crippen LogP contribution in [0.1, 0.15) is 6.42 Å². The number of carboxylic acids is 2. The highest BCUT2D eigenvalue weighted by molar-refractivity contribution is 5.75. The summed E-state index contributed by atoms with van der Waals surface area (Å²) in [4.78, 5) is 20.3. The van der Waals surface area contributed by atoms with Crippen LogP contribution in [0.2, 0.25) is 0 Å². The Bertz CT molecular complexity index is 177. The standard InChI is InChI=1S/C6H10O6/c1-12-3(2-4(7)8)5(9)6(10)11/h3,5,9H,2H2,1H3,(H,7,8)(H,10,11). The van der Waals surface area contributed by atoms with Crippen LogP contribution in [0, 0.1) is 0 Å². The molecule has 0 bridgehead atoms. The molecule has 0 aliphatic carbocycles. The molecule has 0 aromatic carbocycles. The Morgan fingerprint density at radius 1 is 1.42 bits per heavy atom. The van der Waals surface area contributed by atoms with Crippen molar-refractivity contribution >= 4 is 11.9 Å². The van der Waals surface area contributed by atoms with Crippen molar-refractivity contribution in [3.63, 3.8) is 0 Å². The lowest BCUT2D eigenvalue weighted by atomic mass is 10.1. The predicted octanol–water partition coefficient (Wildman–Crippen LogP) is -1.08. The number of aliphatic hydroxyl groups excluding tert-OH is 1. The number of methoxy groups -OCH3 is 1. The van der Waals surface area contributed by atoms with E-state index in [1.54, 1.807) is 0 Å². The lowest BCUT2D eigenvalue weighted by molar-refractivity contribution is -0.157. The molecular weight excluding hydrogens is 168 g/mol. The molecule has 0 amide bonds. The summed E-state index contributed by atoms with van der Waals surface area (Å²) in [7, 11) is 1.14. The highest BCUT2D eigenvalue weighted by Crippen LogP contribution is 2.03. The van der Waals surface area contributed by atoms with Gasteiger partial charge < -0.3 is 20.1 Å².